The van der Waals surface area contributed by atoms with Crippen molar-refractivity contribution in [2.75, 3.05) is 0 Å². The lowest BCUT2D eigenvalue weighted by molar-refractivity contribution is 0.676. The Morgan fingerprint density at radius 2 is 2.00 bits per heavy atom. The molecule has 0 aliphatic carbocycles. The molecule has 0 bridgehead atoms. The van der Waals surface area contributed by atoms with Gasteiger partial charge in [0.2, 0.25) is 0 Å². The summed E-state index contributed by atoms with van der Waals surface area (Å²) in [5.41, 5.74) is 0. The van der Waals surface area contributed by atoms with Crippen LogP contribution in [0.4, 0.5) is 4.39 Å². The molecule has 0 aliphatic heterocycles. The Morgan fingerprint density at radius 3 is 2.56 bits per heavy atom. The Labute approximate surface area is 56.8 Å². The Bertz CT molecular complexity index is 67.0. The molecule has 0 aliphatic rings. The lowest BCUT2D eigenvalue weighted by Gasteiger charge is -1.91. The van der Waals surface area contributed by atoms with E-state index in [1.807, 2.05) is 0 Å². The summed E-state index contributed by atoms with van der Waals surface area (Å²) in [5.74, 6) is 0. The van der Waals surface area contributed by atoms with E-state index in [9.17, 15) is 4.39 Å². The molecular formula is C8H14F. The van der Waals surface area contributed by atoms with E-state index in [2.05, 4.69) is 6.92 Å². The second-order valence-corrected chi connectivity index (χ2v) is 2.06. The van der Waals surface area contributed by atoms with E-state index in [4.69, 9.17) is 0 Å². The van der Waals surface area contributed by atoms with Crippen molar-refractivity contribution in [1.29, 1.82) is 0 Å². The van der Waals surface area contributed by atoms with Crippen LogP contribution < -0.4 is 0 Å². The summed E-state index contributed by atoms with van der Waals surface area (Å²) in [6.07, 6.45) is 7.48. The van der Waals surface area contributed by atoms with Crippen molar-refractivity contribution < 1.29 is 4.39 Å². The molecule has 0 saturated carbocycles. The minimum Gasteiger partial charge on any atom is -0.216 e. The molecule has 0 atom stereocenters. The van der Waals surface area contributed by atoms with E-state index >= 15 is 0 Å². The lowest BCUT2D eigenvalue weighted by atomic mass is 10.2. The molecule has 1 heteroatoms. The molecule has 0 aromatic carbocycles. The fourth-order valence-electron chi connectivity index (χ4n) is 0.679. The molecule has 1 radical (unpaired) electrons. The Hall–Kier alpha value is -0.330. The Kier molecular flexibility index (Phi) is 7.39. The largest absolute Gasteiger partial charge is 0.216 e. The van der Waals surface area contributed by atoms with E-state index in [-0.39, 0.29) is 0 Å². The molecule has 53 valence electrons. The van der Waals surface area contributed by atoms with Gasteiger partial charge in [-0.05, 0) is 12.8 Å². The topological polar surface area (TPSA) is 0 Å². The standard InChI is InChI=1S/C8H14F/c1-2-3-4-5-6-7-8-9/h7-8H,1-6H2. The zero-order chi connectivity index (χ0) is 6.95. The van der Waals surface area contributed by atoms with Gasteiger partial charge in [-0.25, -0.2) is 4.39 Å². The second-order valence-electron chi connectivity index (χ2n) is 2.06. The Balaban J connectivity index is 2.75. The quantitative estimate of drug-likeness (QED) is 0.500. The minimum atomic E-state index is 0.615. The molecule has 0 saturated heterocycles. The molecule has 0 aromatic heterocycles. The number of hydrogen-bond acceptors (Lipinski definition) is 0. The van der Waals surface area contributed by atoms with Crippen LogP contribution in [0.15, 0.2) is 12.4 Å². The highest BCUT2D eigenvalue weighted by Crippen LogP contribution is 2.02. The van der Waals surface area contributed by atoms with Gasteiger partial charge >= 0.3 is 0 Å². The van der Waals surface area contributed by atoms with E-state index in [0.717, 1.165) is 19.3 Å². The number of hydrogen-bond donors (Lipinski definition) is 0. The van der Waals surface area contributed by atoms with Crippen LogP contribution >= 0.6 is 0 Å². The average Bonchev–Trinajstić information content (AvgIpc) is 1.89. The highest BCUT2D eigenvalue weighted by Gasteiger charge is 1.82. The van der Waals surface area contributed by atoms with Gasteiger partial charge in [-0.15, -0.1) is 0 Å². The first kappa shape index (κ1) is 8.67. The van der Waals surface area contributed by atoms with Gasteiger partial charge in [-0.3, -0.25) is 0 Å². The molecular weight excluding hydrogens is 115 g/mol. The lowest BCUT2D eigenvalue weighted by Crippen LogP contribution is -1.72. The molecule has 0 amide bonds. The van der Waals surface area contributed by atoms with Gasteiger partial charge in [-0.1, -0.05) is 32.3 Å². The first-order chi connectivity index (χ1) is 4.41. The molecule has 0 N–H and O–H groups in total. The highest BCUT2D eigenvalue weighted by atomic mass is 19.1. The number of halogens is 1. The van der Waals surface area contributed by atoms with Gasteiger partial charge in [-0.2, -0.15) is 0 Å². The summed E-state index contributed by atoms with van der Waals surface area (Å²) in [5, 5.41) is 0. The zero-order valence-electron chi connectivity index (χ0n) is 5.78. The molecule has 0 rings (SSSR count). The van der Waals surface area contributed by atoms with Crippen molar-refractivity contribution in [1.82, 2.24) is 0 Å². The van der Waals surface area contributed by atoms with Crippen LogP contribution in [0.1, 0.15) is 32.1 Å². The summed E-state index contributed by atoms with van der Waals surface area (Å²) in [6.45, 7) is 3.71. The van der Waals surface area contributed by atoms with E-state index in [0.29, 0.717) is 6.33 Å². The molecule has 0 unspecified atom stereocenters. The summed E-state index contributed by atoms with van der Waals surface area (Å²) < 4.78 is 11.3. The third kappa shape index (κ3) is 7.67. The van der Waals surface area contributed by atoms with E-state index in [1.165, 1.54) is 12.8 Å². The third-order valence-electron chi connectivity index (χ3n) is 1.21. The maximum Gasteiger partial charge on any atom is 0.0827 e. The molecule has 9 heavy (non-hydrogen) atoms. The molecule has 0 nitrogen and oxygen atoms in total. The van der Waals surface area contributed by atoms with Crippen molar-refractivity contribution in [2.24, 2.45) is 0 Å². The van der Waals surface area contributed by atoms with Crippen LogP contribution in [0.5, 0.6) is 0 Å². The Morgan fingerprint density at radius 1 is 1.22 bits per heavy atom. The SMILES string of the molecule is [CH2]CCCCCC=CF. The second kappa shape index (κ2) is 7.67. The summed E-state index contributed by atoms with van der Waals surface area (Å²) in [4.78, 5) is 0. The summed E-state index contributed by atoms with van der Waals surface area (Å²) in [7, 11) is 0. The molecule has 0 fully saturated rings. The predicted molar refractivity (Wildman–Crippen MR) is 38.7 cm³/mol. The normalized spacial score (nSPS) is 10.9. The first-order valence-electron chi connectivity index (χ1n) is 3.46. The van der Waals surface area contributed by atoms with Crippen molar-refractivity contribution >= 4 is 0 Å². The zero-order valence-corrected chi connectivity index (χ0v) is 5.78. The van der Waals surface area contributed by atoms with Crippen LogP contribution in [0, 0.1) is 6.92 Å². The average molecular weight is 129 g/mol. The molecule has 0 heterocycles. The smallest absolute Gasteiger partial charge is 0.0827 e. The first-order valence-corrected chi connectivity index (χ1v) is 3.46. The van der Waals surface area contributed by atoms with Gasteiger partial charge in [0.25, 0.3) is 0 Å². The number of rotatable bonds is 5. The minimum absolute atomic E-state index is 0.615. The van der Waals surface area contributed by atoms with Crippen molar-refractivity contribution in [3.05, 3.63) is 19.3 Å². The predicted octanol–water partition coefficient (Wildman–Crippen LogP) is 3.25. The van der Waals surface area contributed by atoms with Crippen LogP contribution in [0.3, 0.4) is 0 Å². The van der Waals surface area contributed by atoms with Crippen molar-refractivity contribution in [2.45, 2.75) is 32.1 Å². The van der Waals surface area contributed by atoms with Crippen molar-refractivity contribution in [3.8, 4) is 0 Å². The maximum atomic E-state index is 11.3. The van der Waals surface area contributed by atoms with E-state index in [1.54, 1.807) is 6.08 Å². The third-order valence-corrected chi connectivity index (χ3v) is 1.21. The highest BCUT2D eigenvalue weighted by molar-refractivity contribution is 4.71. The van der Waals surface area contributed by atoms with Gasteiger partial charge in [0.15, 0.2) is 0 Å². The van der Waals surface area contributed by atoms with Crippen LogP contribution in [-0.4, -0.2) is 0 Å². The van der Waals surface area contributed by atoms with Crippen LogP contribution in [0.25, 0.3) is 0 Å². The number of allylic oxidation sites excluding steroid dienone is 1. The van der Waals surface area contributed by atoms with Crippen LogP contribution in [-0.2, 0) is 0 Å². The number of unbranched alkanes of at least 4 members (excludes halogenated alkanes) is 4. The van der Waals surface area contributed by atoms with Gasteiger partial charge in [0.05, 0.1) is 6.33 Å². The molecule has 0 spiro atoms. The van der Waals surface area contributed by atoms with Gasteiger partial charge in [0.1, 0.15) is 0 Å². The van der Waals surface area contributed by atoms with Gasteiger partial charge in [0, 0.05) is 0 Å². The van der Waals surface area contributed by atoms with Crippen molar-refractivity contribution in [3.63, 3.8) is 0 Å². The maximum absolute atomic E-state index is 11.3. The summed E-state index contributed by atoms with van der Waals surface area (Å²) in [6, 6.07) is 0. The van der Waals surface area contributed by atoms with E-state index < -0.39 is 0 Å². The van der Waals surface area contributed by atoms with Crippen LogP contribution in [0.2, 0.25) is 0 Å². The fourth-order valence-corrected chi connectivity index (χ4v) is 0.679. The van der Waals surface area contributed by atoms with Gasteiger partial charge < -0.3 is 0 Å². The monoisotopic (exact) mass is 129 g/mol. The fraction of sp³-hybridized carbons (Fsp3) is 0.625. The molecule has 0 aromatic rings. The summed E-state index contributed by atoms with van der Waals surface area (Å²) >= 11 is 0.